The number of nitrogens with zero attached hydrogens (tertiary/aromatic N) is 2. The molecule has 2 heterocycles. The average molecular weight is 323 g/mol. The number of hydrogen-bond acceptors (Lipinski definition) is 6. The van der Waals surface area contributed by atoms with Crippen LogP contribution in [0.5, 0.6) is 0 Å². The van der Waals surface area contributed by atoms with Gasteiger partial charge in [0.25, 0.3) is 0 Å². The molecule has 0 saturated carbocycles. The Morgan fingerprint density at radius 2 is 2.32 bits per heavy atom. The molecule has 1 aromatic heterocycles. The van der Waals surface area contributed by atoms with Gasteiger partial charge < -0.3 is 10.6 Å². The van der Waals surface area contributed by atoms with Gasteiger partial charge in [-0.1, -0.05) is 25.2 Å². The molecule has 0 aromatic carbocycles. The first kappa shape index (κ1) is 16.7. The molecule has 1 amide bonds. The molecule has 8 heteroatoms. The highest BCUT2D eigenvalue weighted by Crippen LogP contribution is 2.22. The highest BCUT2D eigenvalue weighted by atomic mass is 35.5. The van der Waals surface area contributed by atoms with Crippen LogP contribution in [0.4, 0.5) is 5.13 Å². The fraction of sp³-hybridized carbons (Fsp3) is 0.727. The summed E-state index contributed by atoms with van der Waals surface area (Å²) >= 11 is 3.34. The van der Waals surface area contributed by atoms with E-state index in [0.29, 0.717) is 17.5 Å². The Bertz CT molecular complexity index is 407. The zero-order valence-corrected chi connectivity index (χ0v) is 13.5. The lowest BCUT2D eigenvalue weighted by Crippen LogP contribution is -2.39. The molecule has 0 bridgehead atoms. The smallest absolute Gasteiger partial charge is 0.227 e. The van der Waals surface area contributed by atoms with Gasteiger partial charge in [-0.15, -0.1) is 22.6 Å². The standard InChI is InChI=1S/C11H18N4OS2.ClH/c1-7(2)10-14-15-11(18-10)13-9(16)5-8-6-17-4-3-12-8;/h7-8,12H,3-6H2,1-2H3,(H,13,15,16);1H. The van der Waals surface area contributed by atoms with E-state index in [4.69, 9.17) is 0 Å². The molecule has 1 fully saturated rings. The first-order chi connectivity index (χ1) is 8.65. The highest BCUT2D eigenvalue weighted by molar-refractivity contribution is 7.99. The summed E-state index contributed by atoms with van der Waals surface area (Å²) in [6.07, 6.45) is 0.504. The maximum atomic E-state index is 11.8. The molecule has 0 radical (unpaired) electrons. The van der Waals surface area contributed by atoms with Gasteiger partial charge >= 0.3 is 0 Å². The first-order valence-electron chi connectivity index (χ1n) is 6.09. The predicted octanol–water partition coefficient (Wildman–Crippen LogP) is 2.12. The Morgan fingerprint density at radius 3 is 2.89 bits per heavy atom. The second kappa shape index (κ2) is 8.04. The van der Waals surface area contributed by atoms with Crippen molar-refractivity contribution in [2.24, 2.45) is 0 Å². The number of halogens is 1. The molecule has 1 aromatic rings. The summed E-state index contributed by atoms with van der Waals surface area (Å²) in [5.41, 5.74) is 0. The van der Waals surface area contributed by atoms with Gasteiger partial charge in [-0.05, 0) is 0 Å². The van der Waals surface area contributed by atoms with Crippen LogP contribution in [0.15, 0.2) is 0 Å². The van der Waals surface area contributed by atoms with Crippen LogP contribution in [0.3, 0.4) is 0 Å². The van der Waals surface area contributed by atoms with E-state index in [9.17, 15) is 4.79 Å². The van der Waals surface area contributed by atoms with Crippen molar-refractivity contribution in [3.63, 3.8) is 0 Å². The van der Waals surface area contributed by atoms with Crippen LogP contribution in [0.1, 0.15) is 31.2 Å². The van der Waals surface area contributed by atoms with Crippen molar-refractivity contribution in [2.45, 2.75) is 32.2 Å². The van der Waals surface area contributed by atoms with Crippen LogP contribution >= 0.6 is 35.5 Å². The lowest BCUT2D eigenvalue weighted by molar-refractivity contribution is -0.116. The molecule has 0 aliphatic carbocycles. The quantitative estimate of drug-likeness (QED) is 0.888. The topological polar surface area (TPSA) is 66.9 Å². The summed E-state index contributed by atoms with van der Waals surface area (Å²) in [6, 6.07) is 0.279. The molecule has 108 valence electrons. The van der Waals surface area contributed by atoms with Crippen molar-refractivity contribution in [1.29, 1.82) is 0 Å². The summed E-state index contributed by atoms with van der Waals surface area (Å²) in [7, 11) is 0. The van der Waals surface area contributed by atoms with Crippen molar-refractivity contribution in [3.05, 3.63) is 5.01 Å². The maximum Gasteiger partial charge on any atom is 0.227 e. The third-order valence-corrected chi connectivity index (χ3v) is 4.88. The number of carbonyl (C=O) groups is 1. The van der Waals surface area contributed by atoms with Gasteiger partial charge in [-0.2, -0.15) is 11.8 Å². The van der Waals surface area contributed by atoms with Crippen molar-refractivity contribution in [2.75, 3.05) is 23.4 Å². The van der Waals surface area contributed by atoms with E-state index in [1.807, 2.05) is 11.8 Å². The van der Waals surface area contributed by atoms with Gasteiger partial charge in [0.05, 0.1) is 0 Å². The van der Waals surface area contributed by atoms with E-state index in [2.05, 4.69) is 34.7 Å². The molecule has 2 N–H and O–H groups in total. The molecule has 1 aliphatic rings. The van der Waals surface area contributed by atoms with Crippen LogP contribution in [0, 0.1) is 0 Å². The second-order valence-corrected chi connectivity index (χ2v) is 6.74. The van der Waals surface area contributed by atoms with Crippen LogP contribution in [-0.4, -0.2) is 40.2 Å². The summed E-state index contributed by atoms with van der Waals surface area (Å²) in [5.74, 6) is 2.50. The molecular formula is C11H19ClN4OS2. The van der Waals surface area contributed by atoms with Crippen molar-refractivity contribution in [3.8, 4) is 0 Å². The van der Waals surface area contributed by atoms with Gasteiger partial charge in [0, 0.05) is 36.4 Å². The van der Waals surface area contributed by atoms with Crippen LogP contribution in [-0.2, 0) is 4.79 Å². The summed E-state index contributed by atoms with van der Waals surface area (Å²) in [6.45, 7) is 5.11. The van der Waals surface area contributed by atoms with E-state index < -0.39 is 0 Å². The Balaban J connectivity index is 0.00000180. The normalized spacial score (nSPS) is 19.0. The van der Waals surface area contributed by atoms with E-state index in [1.165, 1.54) is 11.3 Å². The summed E-state index contributed by atoms with van der Waals surface area (Å²) < 4.78 is 0. The third kappa shape index (κ3) is 5.25. The largest absolute Gasteiger partial charge is 0.312 e. The zero-order valence-electron chi connectivity index (χ0n) is 11.0. The van der Waals surface area contributed by atoms with Gasteiger partial charge in [-0.3, -0.25) is 4.79 Å². The van der Waals surface area contributed by atoms with Crippen molar-refractivity contribution >= 4 is 46.5 Å². The Morgan fingerprint density at radius 1 is 1.53 bits per heavy atom. The van der Waals surface area contributed by atoms with E-state index in [1.54, 1.807) is 0 Å². The minimum absolute atomic E-state index is 0. The molecule has 5 nitrogen and oxygen atoms in total. The molecular weight excluding hydrogens is 304 g/mol. The number of anilines is 1. The molecule has 1 aliphatic heterocycles. The molecule has 1 unspecified atom stereocenters. The molecule has 19 heavy (non-hydrogen) atoms. The molecule has 2 rings (SSSR count). The lowest BCUT2D eigenvalue weighted by Gasteiger charge is -2.22. The van der Waals surface area contributed by atoms with Crippen molar-refractivity contribution in [1.82, 2.24) is 15.5 Å². The monoisotopic (exact) mass is 322 g/mol. The SMILES string of the molecule is CC(C)c1nnc(NC(=O)CC2CSCCN2)s1.Cl. The number of carbonyl (C=O) groups excluding carboxylic acids is 1. The van der Waals surface area contributed by atoms with Gasteiger partial charge in [0.15, 0.2) is 0 Å². The number of rotatable bonds is 4. The summed E-state index contributed by atoms with van der Waals surface area (Å²) in [4.78, 5) is 11.8. The number of aromatic nitrogens is 2. The number of hydrogen-bond donors (Lipinski definition) is 2. The number of thioether (sulfide) groups is 1. The number of amides is 1. The second-order valence-electron chi connectivity index (χ2n) is 4.58. The van der Waals surface area contributed by atoms with Crippen LogP contribution in [0.25, 0.3) is 0 Å². The third-order valence-electron chi connectivity index (χ3n) is 2.61. The molecule has 0 spiro atoms. The molecule has 1 saturated heterocycles. The van der Waals surface area contributed by atoms with E-state index in [0.717, 1.165) is 23.1 Å². The Labute approximate surface area is 127 Å². The number of nitrogens with one attached hydrogen (secondary N) is 2. The van der Waals surface area contributed by atoms with Gasteiger partial charge in [0.1, 0.15) is 5.01 Å². The van der Waals surface area contributed by atoms with Gasteiger partial charge in [0.2, 0.25) is 11.0 Å². The highest BCUT2D eigenvalue weighted by Gasteiger charge is 2.18. The van der Waals surface area contributed by atoms with Crippen LogP contribution < -0.4 is 10.6 Å². The van der Waals surface area contributed by atoms with Crippen LogP contribution in [0.2, 0.25) is 0 Å². The fourth-order valence-corrected chi connectivity index (χ4v) is 3.37. The summed E-state index contributed by atoms with van der Waals surface area (Å²) in [5, 5.41) is 15.8. The first-order valence-corrected chi connectivity index (χ1v) is 8.06. The fourth-order valence-electron chi connectivity index (χ4n) is 1.66. The Kier molecular flexibility index (Phi) is 7.06. The zero-order chi connectivity index (χ0) is 13.0. The Hall–Kier alpha value is -0.370. The van der Waals surface area contributed by atoms with E-state index in [-0.39, 0.29) is 24.4 Å². The molecule has 1 atom stereocenters. The van der Waals surface area contributed by atoms with Gasteiger partial charge in [-0.25, -0.2) is 0 Å². The minimum Gasteiger partial charge on any atom is -0.312 e. The lowest BCUT2D eigenvalue weighted by atomic mass is 10.2. The average Bonchev–Trinajstić information content (AvgIpc) is 2.78. The van der Waals surface area contributed by atoms with Crippen molar-refractivity contribution < 1.29 is 4.79 Å². The predicted molar refractivity (Wildman–Crippen MR) is 83.6 cm³/mol. The van der Waals surface area contributed by atoms with E-state index >= 15 is 0 Å². The minimum atomic E-state index is 0. The maximum absolute atomic E-state index is 11.8.